The number of rotatable bonds is 2. The van der Waals surface area contributed by atoms with Crippen molar-refractivity contribution in [2.24, 2.45) is 0 Å². The third-order valence-electron chi connectivity index (χ3n) is 2.41. The fraction of sp³-hybridized carbons (Fsp3) is 0.625. The second kappa shape index (κ2) is 3.14. The number of aromatic nitrogens is 3. The van der Waals surface area contributed by atoms with E-state index in [1.54, 1.807) is 10.9 Å². The van der Waals surface area contributed by atoms with Gasteiger partial charge in [0.15, 0.2) is 5.78 Å². The largest absolute Gasteiger partial charge is 0.293 e. The van der Waals surface area contributed by atoms with Gasteiger partial charge >= 0.3 is 0 Å². The summed E-state index contributed by atoms with van der Waals surface area (Å²) in [5.41, 5.74) is 0.437. The van der Waals surface area contributed by atoms with Gasteiger partial charge in [-0.05, 0) is 12.8 Å². The molecule has 1 heterocycles. The molecule has 70 valence electrons. The number of ketones is 1. The number of carbonyl (C=O) groups excluding carboxylic acids is 1. The molecule has 1 saturated carbocycles. The minimum absolute atomic E-state index is 0.0405. The van der Waals surface area contributed by atoms with Gasteiger partial charge in [-0.15, -0.1) is 5.10 Å². The van der Waals surface area contributed by atoms with Gasteiger partial charge in [0.1, 0.15) is 5.69 Å². The molecule has 0 aromatic carbocycles. The highest BCUT2D eigenvalue weighted by Gasteiger charge is 2.30. The van der Waals surface area contributed by atoms with Crippen LogP contribution in [0.4, 0.5) is 0 Å². The molecule has 1 aromatic rings. The lowest BCUT2D eigenvalue weighted by atomic mass is 9.92. The van der Waals surface area contributed by atoms with Crippen LogP contribution in [-0.2, 0) is 0 Å². The molecule has 2 atom stereocenters. The summed E-state index contributed by atoms with van der Waals surface area (Å²) in [6.07, 6.45) is 3.90. The molecule has 13 heavy (non-hydrogen) atoms. The van der Waals surface area contributed by atoms with E-state index in [0.29, 0.717) is 17.0 Å². The van der Waals surface area contributed by atoms with Gasteiger partial charge in [0, 0.05) is 12.2 Å². The predicted molar refractivity (Wildman–Crippen MR) is 51.1 cm³/mol. The Balaban J connectivity index is 2.17. The highest BCUT2D eigenvalue weighted by Crippen LogP contribution is 2.35. The van der Waals surface area contributed by atoms with Gasteiger partial charge in [-0.3, -0.25) is 4.79 Å². The molecular weight excluding hydrogens is 186 g/mol. The third kappa shape index (κ3) is 1.48. The number of thiol groups is 1. The molecule has 1 aliphatic rings. The molecule has 4 nitrogen and oxygen atoms in total. The van der Waals surface area contributed by atoms with Crippen molar-refractivity contribution in [1.82, 2.24) is 15.0 Å². The fourth-order valence-electron chi connectivity index (χ4n) is 1.37. The maximum absolute atomic E-state index is 10.9. The van der Waals surface area contributed by atoms with E-state index in [4.69, 9.17) is 0 Å². The average molecular weight is 197 g/mol. The minimum Gasteiger partial charge on any atom is -0.293 e. The molecule has 1 aromatic heterocycles. The molecule has 0 aliphatic heterocycles. The molecule has 1 fully saturated rings. The summed E-state index contributed by atoms with van der Waals surface area (Å²) in [4.78, 5) is 10.9. The van der Waals surface area contributed by atoms with Crippen molar-refractivity contribution >= 4 is 18.4 Å². The van der Waals surface area contributed by atoms with Crippen molar-refractivity contribution in [2.75, 3.05) is 0 Å². The molecule has 2 unspecified atom stereocenters. The first-order chi connectivity index (χ1) is 6.18. The van der Waals surface area contributed by atoms with E-state index in [1.807, 2.05) is 0 Å². The van der Waals surface area contributed by atoms with Gasteiger partial charge < -0.3 is 0 Å². The smallest absolute Gasteiger partial charge is 0.181 e. The van der Waals surface area contributed by atoms with Crippen LogP contribution in [0.3, 0.4) is 0 Å². The zero-order chi connectivity index (χ0) is 9.42. The molecule has 0 radical (unpaired) electrons. The van der Waals surface area contributed by atoms with Gasteiger partial charge in [-0.1, -0.05) is 5.21 Å². The molecular formula is C8H11N3OS. The lowest BCUT2D eigenvalue weighted by molar-refractivity contribution is 0.101. The Kier molecular flexibility index (Phi) is 2.11. The lowest BCUT2D eigenvalue weighted by Gasteiger charge is -2.32. The normalized spacial score (nSPS) is 26.9. The molecule has 0 bridgehead atoms. The van der Waals surface area contributed by atoms with Crippen molar-refractivity contribution < 1.29 is 4.79 Å². The minimum atomic E-state index is -0.0405. The van der Waals surface area contributed by atoms with Gasteiger partial charge in [-0.2, -0.15) is 12.6 Å². The quantitative estimate of drug-likeness (QED) is 0.571. The standard InChI is InChI=1S/C8H11N3OS/c1-5(12)6-4-11(10-9-6)7-2-3-8(7)13/h4,7-8,13H,2-3H2,1H3. The summed E-state index contributed by atoms with van der Waals surface area (Å²) in [5, 5.41) is 8.05. The van der Waals surface area contributed by atoms with Crippen LogP contribution in [0, 0.1) is 0 Å². The number of carbonyl (C=O) groups is 1. The Morgan fingerprint density at radius 1 is 1.69 bits per heavy atom. The van der Waals surface area contributed by atoms with Crippen molar-refractivity contribution in [3.8, 4) is 0 Å². The monoisotopic (exact) mass is 197 g/mol. The van der Waals surface area contributed by atoms with Gasteiger partial charge in [0.05, 0.1) is 12.2 Å². The van der Waals surface area contributed by atoms with Gasteiger partial charge in [0.2, 0.25) is 0 Å². The molecule has 0 N–H and O–H groups in total. The van der Waals surface area contributed by atoms with Crippen LogP contribution in [-0.4, -0.2) is 26.0 Å². The van der Waals surface area contributed by atoms with Crippen LogP contribution in [0.1, 0.15) is 36.3 Å². The van der Waals surface area contributed by atoms with E-state index in [0.717, 1.165) is 12.8 Å². The van der Waals surface area contributed by atoms with E-state index in [-0.39, 0.29) is 5.78 Å². The zero-order valence-electron chi connectivity index (χ0n) is 7.34. The summed E-state index contributed by atoms with van der Waals surface area (Å²) in [6, 6.07) is 0.323. The van der Waals surface area contributed by atoms with Crippen molar-refractivity contribution in [1.29, 1.82) is 0 Å². The Morgan fingerprint density at radius 2 is 2.46 bits per heavy atom. The second-order valence-corrected chi connectivity index (χ2v) is 4.02. The number of Topliss-reactive ketones (excluding diaryl/α,β-unsaturated/α-hetero) is 1. The predicted octanol–water partition coefficient (Wildman–Crippen LogP) is 1.11. The average Bonchev–Trinajstić information content (AvgIpc) is 2.50. The Bertz CT molecular complexity index is 336. The summed E-state index contributed by atoms with van der Waals surface area (Å²) < 4.78 is 1.75. The Morgan fingerprint density at radius 3 is 2.85 bits per heavy atom. The first kappa shape index (κ1) is 8.74. The summed E-state index contributed by atoms with van der Waals surface area (Å²) >= 11 is 4.38. The summed E-state index contributed by atoms with van der Waals surface area (Å²) in [7, 11) is 0. The Labute approximate surface area is 81.7 Å². The van der Waals surface area contributed by atoms with E-state index in [9.17, 15) is 4.79 Å². The maximum Gasteiger partial charge on any atom is 0.181 e. The maximum atomic E-state index is 10.9. The van der Waals surface area contributed by atoms with Crippen molar-refractivity contribution in [3.63, 3.8) is 0 Å². The van der Waals surface area contributed by atoms with Crippen LogP contribution in [0.15, 0.2) is 6.20 Å². The highest BCUT2D eigenvalue weighted by atomic mass is 32.1. The molecule has 0 spiro atoms. The third-order valence-corrected chi connectivity index (χ3v) is 3.02. The summed E-state index contributed by atoms with van der Waals surface area (Å²) in [5.74, 6) is -0.0405. The Hall–Kier alpha value is -0.840. The first-order valence-corrected chi connectivity index (χ1v) is 4.81. The van der Waals surface area contributed by atoms with Crippen LogP contribution >= 0.6 is 12.6 Å². The molecule has 2 rings (SSSR count). The molecule has 5 heteroatoms. The van der Waals surface area contributed by atoms with Crippen molar-refractivity contribution in [2.45, 2.75) is 31.1 Å². The SMILES string of the molecule is CC(=O)c1cn(C2CCC2S)nn1. The van der Waals surface area contributed by atoms with E-state index in [1.165, 1.54) is 6.92 Å². The highest BCUT2D eigenvalue weighted by molar-refractivity contribution is 7.81. The topological polar surface area (TPSA) is 47.8 Å². The van der Waals surface area contributed by atoms with Gasteiger partial charge in [-0.25, -0.2) is 4.68 Å². The van der Waals surface area contributed by atoms with Crippen LogP contribution < -0.4 is 0 Å². The number of hydrogen-bond acceptors (Lipinski definition) is 4. The van der Waals surface area contributed by atoms with E-state index in [2.05, 4.69) is 22.9 Å². The van der Waals surface area contributed by atoms with Crippen LogP contribution in [0.5, 0.6) is 0 Å². The summed E-state index contributed by atoms with van der Waals surface area (Å²) in [6.45, 7) is 1.49. The molecule has 1 aliphatic carbocycles. The van der Waals surface area contributed by atoms with Crippen LogP contribution in [0.2, 0.25) is 0 Å². The second-order valence-electron chi connectivity index (χ2n) is 3.35. The van der Waals surface area contributed by atoms with Crippen molar-refractivity contribution in [3.05, 3.63) is 11.9 Å². The fourth-order valence-corrected chi connectivity index (χ4v) is 1.81. The first-order valence-electron chi connectivity index (χ1n) is 4.29. The lowest BCUT2D eigenvalue weighted by Crippen LogP contribution is -2.30. The van der Waals surface area contributed by atoms with E-state index >= 15 is 0 Å². The molecule has 0 amide bonds. The number of nitrogens with zero attached hydrogens (tertiary/aromatic N) is 3. The van der Waals surface area contributed by atoms with E-state index < -0.39 is 0 Å². The van der Waals surface area contributed by atoms with Gasteiger partial charge in [0.25, 0.3) is 0 Å². The molecule has 0 saturated heterocycles. The van der Waals surface area contributed by atoms with Crippen LogP contribution in [0.25, 0.3) is 0 Å². The number of hydrogen-bond donors (Lipinski definition) is 1. The zero-order valence-corrected chi connectivity index (χ0v) is 8.24.